The summed E-state index contributed by atoms with van der Waals surface area (Å²) in [7, 11) is 0. The molecule has 0 N–H and O–H groups in total. The van der Waals surface area contributed by atoms with Gasteiger partial charge in [0.2, 0.25) is 0 Å². The molecule has 13 heavy (non-hydrogen) atoms. The van der Waals surface area contributed by atoms with Crippen molar-refractivity contribution in [3.05, 3.63) is 48.0 Å². The Morgan fingerprint density at radius 1 is 1.00 bits per heavy atom. The molecule has 0 aliphatic rings. The van der Waals surface area contributed by atoms with Crippen LogP contribution in [0.4, 0.5) is 0 Å². The first-order valence-corrected chi connectivity index (χ1v) is 3.85. The monoisotopic (exact) mass is 164 g/mol. The minimum atomic E-state index is 0. The summed E-state index contributed by atoms with van der Waals surface area (Å²) in [5.41, 5.74) is 0.758. The van der Waals surface area contributed by atoms with E-state index in [0.717, 1.165) is 22.6 Å². The Bertz CT molecular complexity index is 423. The van der Waals surface area contributed by atoms with Gasteiger partial charge in [0, 0.05) is 5.56 Å². The molecule has 0 amide bonds. The van der Waals surface area contributed by atoms with Crippen LogP contribution in [0, 0.1) is 0 Å². The summed E-state index contributed by atoms with van der Waals surface area (Å²) in [6.07, 6.45) is 0.891. The van der Waals surface area contributed by atoms with E-state index in [0.29, 0.717) is 0 Å². The number of hydrogen-bond acceptors (Lipinski definition) is 1. The van der Waals surface area contributed by atoms with E-state index in [4.69, 9.17) is 0 Å². The number of rotatable bonds is 1. The van der Waals surface area contributed by atoms with Crippen molar-refractivity contribution in [2.24, 2.45) is 0 Å². The predicted octanol–water partition coefficient (Wildman–Crippen LogP) is -0.231. The van der Waals surface area contributed by atoms with Gasteiger partial charge in [-0.15, -0.1) is 0 Å². The zero-order valence-corrected chi connectivity index (χ0v) is 7.53. The summed E-state index contributed by atoms with van der Waals surface area (Å²) in [6, 6.07) is 13.6. The normalized spacial score (nSPS) is 9.23. The van der Waals surface area contributed by atoms with E-state index >= 15 is 0 Å². The number of fused-ring (bicyclic) bond motifs is 1. The molecule has 2 aromatic rings. The fourth-order valence-corrected chi connectivity index (χ4v) is 1.35. The smallest absolute Gasteiger partial charge is 1.00 e. The molecule has 2 rings (SSSR count). The van der Waals surface area contributed by atoms with Gasteiger partial charge in [-0.05, 0) is 10.8 Å². The Morgan fingerprint density at radius 3 is 2.46 bits per heavy atom. The standard InChI is InChI=1S/C11H8O.Li.H/c12-8-10-6-3-5-9-4-1-2-7-11(9)10;;/h1-8H;;/q;+1;-1. The molecule has 1 nitrogen and oxygen atoms in total. The SMILES string of the molecule is O=Cc1cccc2ccccc12.[H-].[Li+]. The van der Waals surface area contributed by atoms with Crippen molar-refractivity contribution in [2.75, 3.05) is 0 Å². The number of carbonyl (C=O) groups excluding carboxylic acids is 1. The number of carbonyl (C=O) groups is 1. The van der Waals surface area contributed by atoms with E-state index < -0.39 is 0 Å². The van der Waals surface area contributed by atoms with E-state index in [9.17, 15) is 4.79 Å². The summed E-state index contributed by atoms with van der Waals surface area (Å²) < 4.78 is 0. The molecule has 0 unspecified atom stereocenters. The molecule has 0 fully saturated rings. The quantitative estimate of drug-likeness (QED) is 0.420. The second-order valence-electron chi connectivity index (χ2n) is 2.69. The maximum absolute atomic E-state index is 10.6. The maximum atomic E-state index is 10.6. The second kappa shape index (κ2) is 4.27. The maximum Gasteiger partial charge on any atom is 1.00 e. The van der Waals surface area contributed by atoms with Crippen LogP contribution in [0.15, 0.2) is 42.5 Å². The van der Waals surface area contributed by atoms with Crippen LogP contribution in [0.2, 0.25) is 0 Å². The average molecular weight is 164 g/mol. The van der Waals surface area contributed by atoms with Crippen molar-refractivity contribution in [1.82, 2.24) is 0 Å². The first-order chi connectivity index (χ1) is 5.92. The second-order valence-corrected chi connectivity index (χ2v) is 2.69. The van der Waals surface area contributed by atoms with Gasteiger partial charge in [0.1, 0.15) is 0 Å². The Kier molecular flexibility index (Phi) is 3.30. The molecule has 0 radical (unpaired) electrons. The summed E-state index contributed by atoms with van der Waals surface area (Å²) >= 11 is 0. The zero-order chi connectivity index (χ0) is 8.39. The van der Waals surface area contributed by atoms with Crippen LogP contribution in [-0.4, -0.2) is 6.29 Å². The molecule has 0 heterocycles. The van der Waals surface area contributed by atoms with Gasteiger partial charge in [-0.2, -0.15) is 0 Å². The van der Waals surface area contributed by atoms with Crippen molar-refractivity contribution in [1.29, 1.82) is 0 Å². The Morgan fingerprint density at radius 2 is 1.69 bits per heavy atom. The third kappa shape index (κ3) is 1.83. The average Bonchev–Trinajstić information content (AvgIpc) is 2.17. The summed E-state index contributed by atoms with van der Waals surface area (Å²) in [5.74, 6) is 0. The summed E-state index contributed by atoms with van der Waals surface area (Å²) in [6.45, 7) is 0. The number of aldehydes is 1. The third-order valence-electron chi connectivity index (χ3n) is 1.95. The van der Waals surface area contributed by atoms with Gasteiger partial charge < -0.3 is 1.43 Å². The van der Waals surface area contributed by atoms with Crippen molar-refractivity contribution >= 4 is 17.1 Å². The molecular formula is C11H9LiO. The molecule has 2 heteroatoms. The van der Waals surface area contributed by atoms with Crippen LogP contribution in [0.1, 0.15) is 11.8 Å². The molecule has 0 aliphatic heterocycles. The summed E-state index contributed by atoms with van der Waals surface area (Å²) in [4.78, 5) is 10.6. The third-order valence-corrected chi connectivity index (χ3v) is 1.95. The van der Waals surface area contributed by atoms with E-state index in [-0.39, 0.29) is 20.3 Å². The van der Waals surface area contributed by atoms with Gasteiger partial charge >= 0.3 is 18.9 Å². The molecule has 0 saturated heterocycles. The predicted molar refractivity (Wildman–Crippen MR) is 50.4 cm³/mol. The molecule has 0 atom stereocenters. The fraction of sp³-hybridized carbons (Fsp3) is 0. The topological polar surface area (TPSA) is 17.1 Å². The van der Waals surface area contributed by atoms with Crippen LogP contribution >= 0.6 is 0 Å². The largest absolute Gasteiger partial charge is 1.00 e. The molecule has 0 aromatic heterocycles. The minimum absolute atomic E-state index is 0. The van der Waals surface area contributed by atoms with Gasteiger partial charge in [0.25, 0.3) is 0 Å². The molecule has 60 valence electrons. The number of benzene rings is 2. The van der Waals surface area contributed by atoms with Gasteiger partial charge in [-0.25, -0.2) is 0 Å². The van der Waals surface area contributed by atoms with Crippen molar-refractivity contribution in [3.63, 3.8) is 0 Å². The Labute approximate surface area is 90.4 Å². The van der Waals surface area contributed by atoms with Gasteiger partial charge in [-0.3, -0.25) is 4.79 Å². The fourth-order valence-electron chi connectivity index (χ4n) is 1.35. The van der Waals surface area contributed by atoms with Crippen molar-refractivity contribution in [2.45, 2.75) is 0 Å². The minimum Gasteiger partial charge on any atom is -1.00 e. The van der Waals surface area contributed by atoms with Crippen LogP contribution in [0.3, 0.4) is 0 Å². The van der Waals surface area contributed by atoms with E-state index in [1.54, 1.807) is 0 Å². The van der Waals surface area contributed by atoms with Crippen molar-refractivity contribution < 1.29 is 25.1 Å². The summed E-state index contributed by atoms with van der Waals surface area (Å²) in [5, 5.41) is 2.14. The first-order valence-electron chi connectivity index (χ1n) is 3.85. The molecule has 0 aliphatic carbocycles. The van der Waals surface area contributed by atoms with E-state index in [1.165, 1.54) is 0 Å². The van der Waals surface area contributed by atoms with Crippen molar-refractivity contribution in [3.8, 4) is 0 Å². The van der Waals surface area contributed by atoms with Crippen LogP contribution in [0.25, 0.3) is 10.8 Å². The van der Waals surface area contributed by atoms with E-state index in [2.05, 4.69) is 0 Å². The Balaban J connectivity index is 0.000000845. The molecule has 2 aromatic carbocycles. The van der Waals surface area contributed by atoms with Gasteiger partial charge in [-0.1, -0.05) is 42.5 Å². The number of hydrogen-bond donors (Lipinski definition) is 0. The zero-order valence-electron chi connectivity index (χ0n) is 8.53. The van der Waals surface area contributed by atoms with Crippen LogP contribution in [0.5, 0.6) is 0 Å². The van der Waals surface area contributed by atoms with E-state index in [1.807, 2.05) is 42.5 Å². The Hall–Kier alpha value is -1.03. The molecule has 0 bridgehead atoms. The van der Waals surface area contributed by atoms with Crippen LogP contribution < -0.4 is 18.9 Å². The van der Waals surface area contributed by atoms with Gasteiger partial charge in [0.05, 0.1) is 0 Å². The first kappa shape index (κ1) is 10.1. The van der Waals surface area contributed by atoms with Crippen LogP contribution in [-0.2, 0) is 0 Å². The molecular weight excluding hydrogens is 155 g/mol. The molecule has 0 spiro atoms. The molecule has 0 saturated carbocycles. The van der Waals surface area contributed by atoms with Gasteiger partial charge in [0.15, 0.2) is 6.29 Å².